The van der Waals surface area contributed by atoms with Gasteiger partial charge in [-0.15, -0.1) is 11.8 Å². The Kier molecular flexibility index (Phi) is 5.78. The summed E-state index contributed by atoms with van der Waals surface area (Å²) in [6.45, 7) is 1.33. The molecule has 108 valence electrons. The van der Waals surface area contributed by atoms with Crippen molar-refractivity contribution in [2.45, 2.75) is 17.9 Å². The summed E-state index contributed by atoms with van der Waals surface area (Å²) in [4.78, 5) is 32.6. The van der Waals surface area contributed by atoms with Crippen molar-refractivity contribution >= 4 is 40.9 Å². The smallest absolute Gasteiger partial charge is 0.325 e. The second-order valence-corrected chi connectivity index (χ2v) is 5.24. The van der Waals surface area contributed by atoms with Gasteiger partial charge in [-0.25, -0.2) is 0 Å². The van der Waals surface area contributed by atoms with E-state index in [0.717, 1.165) is 11.8 Å². The molecule has 0 spiro atoms. The van der Waals surface area contributed by atoms with Gasteiger partial charge in [-0.3, -0.25) is 19.7 Å². The molecule has 0 aliphatic rings. The van der Waals surface area contributed by atoms with Crippen LogP contribution in [0.4, 0.5) is 5.69 Å². The molecule has 0 fully saturated rings. The van der Waals surface area contributed by atoms with Crippen LogP contribution in [0.25, 0.3) is 0 Å². The van der Waals surface area contributed by atoms with E-state index in [9.17, 15) is 19.7 Å². The summed E-state index contributed by atoms with van der Waals surface area (Å²) in [5, 5.41) is 22.0. The number of thioether (sulfide) groups is 1. The highest BCUT2D eigenvalue weighted by atomic mass is 35.5. The Morgan fingerprint density at radius 2 is 2.20 bits per heavy atom. The monoisotopic (exact) mass is 318 g/mol. The highest BCUT2D eigenvalue weighted by molar-refractivity contribution is 8.00. The van der Waals surface area contributed by atoms with Gasteiger partial charge in [0.25, 0.3) is 5.69 Å². The number of nitrogens with one attached hydrogen (secondary N) is 1. The number of nitrogens with zero attached hydrogens (tertiary/aromatic N) is 1. The quantitative estimate of drug-likeness (QED) is 0.471. The normalized spacial score (nSPS) is 11.7. The molecule has 1 amide bonds. The summed E-state index contributed by atoms with van der Waals surface area (Å²) in [6, 6.07) is 3.11. The number of rotatable bonds is 6. The van der Waals surface area contributed by atoms with Crippen LogP contribution < -0.4 is 5.32 Å². The fraction of sp³-hybridized carbons (Fsp3) is 0.273. The van der Waals surface area contributed by atoms with Crippen LogP contribution in [0.2, 0.25) is 5.02 Å². The van der Waals surface area contributed by atoms with E-state index < -0.39 is 22.8 Å². The van der Waals surface area contributed by atoms with E-state index >= 15 is 0 Å². The van der Waals surface area contributed by atoms with Crippen LogP contribution in [0.3, 0.4) is 0 Å². The van der Waals surface area contributed by atoms with Gasteiger partial charge in [-0.1, -0.05) is 11.6 Å². The molecule has 0 aliphatic heterocycles. The third-order valence-electron chi connectivity index (χ3n) is 2.22. The van der Waals surface area contributed by atoms with Crippen molar-refractivity contribution in [1.82, 2.24) is 5.32 Å². The van der Waals surface area contributed by atoms with Crippen LogP contribution in [-0.4, -0.2) is 33.7 Å². The Labute approximate surface area is 123 Å². The fourth-order valence-electron chi connectivity index (χ4n) is 1.24. The van der Waals surface area contributed by atoms with E-state index in [2.05, 4.69) is 5.32 Å². The van der Waals surface area contributed by atoms with E-state index in [1.165, 1.54) is 25.1 Å². The third-order valence-corrected chi connectivity index (χ3v) is 3.52. The summed E-state index contributed by atoms with van der Waals surface area (Å²) >= 11 is 6.61. The minimum absolute atomic E-state index is 0.125. The number of carboxylic acid groups (broad SMARTS) is 1. The second kappa shape index (κ2) is 7.11. The molecule has 1 aromatic carbocycles. The van der Waals surface area contributed by atoms with Crippen molar-refractivity contribution in [1.29, 1.82) is 0 Å². The standard InChI is InChI=1S/C11H11ClN2O5S/c1-6(11(16)17)13-10(15)5-20-9-3-2-7(12)4-8(9)14(18)19/h2-4,6H,5H2,1H3,(H,13,15)(H,16,17)/t6-/m1/s1. The summed E-state index contributed by atoms with van der Waals surface area (Å²) in [7, 11) is 0. The number of carbonyl (C=O) groups excluding carboxylic acids is 1. The highest BCUT2D eigenvalue weighted by Gasteiger charge is 2.18. The predicted octanol–water partition coefficient (Wildman–Crippen LogP) is 1.93. The lowest BCUT2D eigenvalue weighted by atomic mass is 10.3. The summed E-state index contributed by atoms with van der Waals surface area (Å²) in [6.07, 6.45) is 0. The van der Waals surface area contributed by atoms with Gasteiger partial charge in [0.2, 0.25) is 5.91 Å². The molecule has 1 atom stereocenters. The fourth-order valence-corrected chi connectivity index (χ4v) is 2.23. The summed E-state index contributed by atoms with van der Waals surface area (Å²) < 4.78 is 0. The number of nitro benzene ring substituents is 1. The van der Waals surface area contributed by atoms with Crippen LogP contribution >= 0.6 is 23.4 Å². The Morgan fingerprint density at radius 3 is 2.75 bits per heavy atom. The zero-order valence-electron chi connectivity index (χ0n) is 10.3. The SMILES string of the molecule is C[C@@H](NC(=O)CSc1ccc(Cl)cc1[N+](=O)[O-])C(=O)O. The maximum Gasteiger partial charge on any atom is 0.325 e. The van der Waals surface area contributed by atoms with Gasteiger partial charge in [-0.2, -0.15) is 0 Å². The van der Waals surface area contributed by atoms with Crippen LogP contribution in [-0.2, 0) is 9.59 Å². The average molecular weight is 319 g/mol. The molecule has 1 rings (SSSR count). The van der Waals surface area contributed by atoms with Gasteiger partial charge in [0.1, 0.15) is 6.04 Å². The number of amides is 1. The molecule has 0 saturated heterocycles. The van der Waals surface area contributed by atoms with Gasteiger partial charge in [0, 0.05) is 11.1 Å². The van der Waals surface area contributed by atoms with E-state index in [4.69, 9.17) is 16.7 Å². The molecule has 0 heterocycles. The largest absolute Gasteiger partial charge is 0.480 e. The highest BCUT2D eigenvalue weighted by Crippen LogP contribution is 2.31. The number of carbonyl (C=O) groups is 2. The number of nitro groups is 1. The minimum atomic E-state index is -1.15. The lowest BCUT2D eigenvalue weighted by Gasteiger charge is -2.09. The molecule has 0 saturated carbocycles. The van der Waals surface area contributed by atoms with Crippen molar-refractivity contribution in [2.75, 3.05) is 5.75 Å². The molecule has 0 aliphatic carbocycles. The summed E-state index contributed by atoms with van der Waals surface area (Å²) in [5.41, 5.74) is -0.193. The predicted molar refractivity (Wildman–Crippen MR) is 74.1 cm³/mol. The van der Waals surface area contributed by atoms with E-state index in [1.54, 1.807) is 0 Å². The number of benzene rings is 1. The second-order valence-electron chi connectivity index (χ2n) is 3.79. The number of hydrogen-bond donors (Lipinski definition) is 2. The van der Waals surface area contributed by atoms with E-state index in [-0.39, 0.29) is 21.4 Å². The lowest BCUT2D eigenvalue weighted by Crippen LogP contribution is -2.39. The third kappa shape index (κ3) is 4.71. The van der Waals surface area contributed by atoms with Crippen LogP contribution in [0.1, 0.15) is 6.92 Å². The molecule has 9 heteroatoms. The topological polar surface area (TPSA) is 110 Å². The first kappa shape index (κ1) is 16.3. The van der Waals surface area contributed by atoms with Crippen LogP contribution in [0, 0.1) is 10.1 Å². The van der Waals surface area contributed by atoms with Gasteiger partial charge in [-0.05, 0) is 19.1 Å². The zero-order chi connectivity index (χ0) is 15.3. The lowest BCUT2D eigenvalue weighted by molar-refractivity contribution is -0.387. The maximum absolute atomic E-state index is 11.5. The maximum atomic E-state index is 11.5. The first-order valence-electron chi connectivity index (χ1n) is 5.40. The Morgan fingerprint density at radius 1 is 1.55 bits per heavy atom. The molecular formula is C11H11ClN2O5S. The van der Waals surface area contributed by atoms with E-state index in [1.807, 2.05) is 0 Å². The summed E-state index contributed by atoms with van der Waals surface area (Å²) in [5.74, 6) is -1.80. The number of hydrogen-bond acceptors (Lipinski definition) is 5. The number of carboxylic acids is 1. The Bertz CT molecular complexity index is 552. The van der Waals surface area contributed by atoms with Crippen molar-refractivity contribution in [3.63, 3.8) is 0 Å². The molecule has 20 heavy (non-hydrogen) atoms. The molecule has 0 bridgehead atoms. The van der Waals surface area contributed by atoms with Gasteiger partial charge in [0.05, 0.1) is 15.6 Å². The van der Waals surface area contributed by atoms with Gasteiger partial charge < -0.3 is 10.4 Å². The first-order chi connectivity index (χ1) is 9.31. The molecule has 0 aromatic heterocycles. The van der Waals surface area contributed by atoms with Crippen molar-refractivity contribution < 1.29 is 19.6 Å². The van der Waals surface area contributed by atoms with Crippen molar-refractivity contribution in [3.05, 3.63) is 33.3 Å². The number of aliphatic carboxylic acids is 1. The first-order valence-corrected chi connectivity index (χ1v) is 6.76. The number of halogens is 1. The van der Waals surface area contributed by atoms with E-state index in [0.29, 0.717) is 0 Å². The van der Waals surface area contributed by atoms with Crippen molar-refractivity contribution in [3.8, 4) is 0 Å². The molecule has 1 aromatic rings. The molecule has 7 nitrogen and oxygen atoms in total. The van der Waals surface area contributed by atoms with Crippen LogP contribution in [0.5, 0.6) is 0 Å². The molecular weight excluding hydrogens is 308 g/mol. The van der Waals surface area contributed by atoms with Crippen LogP contribution in [0.15, 0.2) is 23.1 Å². The van der Waals surface area contributed by atoms with Gasteiger partial charge in [0.15, 0.2) is 0 Å². The Balaban J connectivity index is 2.68. The zero-order valence-corrected chi connectivity index (χ0v) is 11.9. The molecule has 0 radical (unpaired) electrons. The molecule has 2 N–H and O–H groups in total. The Hall–Kier alpha value is -1.80. The molecule has 0 unspecified atom stereocenters. The minimum Gasteiger partial charge on any atom is -0.480 e. The average Bonchev–Trinajstić information content (AvgIpc) is 2.36. The van der Waals surface area contributed by atoms with Gasteiger partial charge >= 0.3 is 5.97 Å². The van der Waals surface area contributed by atoms with Crippen molar-refractivity contribution in [2.24, 2.45) is 0 Å².